The molecule has 0 aliphatic rings. The number of nitrogens with zero attached hydrogens (tertiary/aromatic N) is 1. The van der Waals surface area contributed by atoms with Crippen LogP contribution in [0, 0.1) is 0 Å². The Kier molecular flexibility index (Phi) is 6.65. The van der Waals surface area contributed by atoms with Crippen molar-refractivity contribution in [1.29, 1.82) is 0 Å². The zero-order valence-electron chi connectivity index (χ0n) is 6.55. The smallest absolute Gasteiger partial charge is 0.000970 e. The summed E-state index contributed by atoms with van der Waals surface area (Å²) in [7, 11) is 1.88. The fourth-order valence-electron chi connectivity index (χ4n) is 0.542. The second-order valence-corrected chi connectivity index (χ2v) is 4.00. The van der Waals surface area contributed by atoms with Crippen molar-refractivity contribution in [1.82, 2.24) is 0 Å². The van der Waals surface area contributed by atoms with E-state index in [1.165, 1.54) is 12.2 Å². The van der Waals surface area contributed by atoms with Crippen LogP contribution in [0.3, 0.4) is 0 Å². The molecule has 0 aromatic heterocycles. The summed E-state index contributed by atoms with van der Waals surface area (Å²) in [6.07, 6.45) is 1.24. The second kappa shape index (κ2) is 6.43. The van der Waals surface area contributed by atoms with Crippen molar-refractivity contribution in [2.45, 2.75) is 25.5 Å². The minimum atomic E-state index is 0.779. The summed E-state index contributed by atoms with van der Waals surface area (Å²) in [5, 5.41) is 4.80. The molecule has 0 heterocycles. The van der Waals surface area contributed by atoms with Gasteiger partial charge in [0, 0.05) is 0 Å². The Hall–Kier alpha value is 0.310. The molecular weight excluding hydrogens is 130 g/mol. The third-order valence-corrected chi connectivity index (χ3v) is 2.17. The standard InChI is InChI=1S/C7H16NS/c1-7(2)9-6-4-5-8-3/h7H,4-6H2,1-3H3/q-1. The summed E-state index contributed by atoms with van der Waals surface area (Å²) in [5.41, 5.74) is 0. The average molecular weight is 146 g/mol. The van der Waals surface area contributed by atoms with Crippen molar-refractivity contribution in [2.24, 2.45) is 0 Å². The van der Waals surface area contributed by atoms with Crippen LogP contribution in [-0.4, -0.2) is 24.6 Å². The van der Waals surface area contributed by atoms with Gasteiger partial charge >= 0.3 is 0 Å². The minimum Gasteiger partial charge on any atom is -0.665 e. The molecule has 0 atom stereocenters. The van der Waals surface area contributed by atoms with Crippen LogP contribution in [-0.2, 0) is 0 Å². The summed E-state index contributed by atoms with van der Waals surface area (Å²) >= 11 is 2.01. The molecule has 0 aromatic rings. The Labute approximate surface area is 62.6 Å². The average Bonchev–Trinajstić information content (AvgIpc) is 1.80. The molecule has 0 aromatic carbocycles. The van der Waals surface area contributed by atoms with Crippen molar-refractivity contribution in [2.75, 3.05) is 19.3 Å². The maximum atomic E-state index is 4.02. The van der Waals surface area contributed by atoms with Crippen LogP contribution >= 0.6 is 11.8 Å². The van der Waals surface area contributed by atoms with E-state index in [1.54, 1.807) is 0 Å². The molecule has 2 heteroatoms. The Bertz CT molecular complexity index is 54.9. The molecule has 0 spiro atoms. The fourth-order valence-corrected chi connectivity index (χ4v) is 1.31. The SMILES string of the molecule is C[N-]CCCSC(C)C. The highest BCUT2D eigenvalue weighted by atomic mass is 32.2. The van der Waals surface area contributed by atoms with Crippen LogP contribution in [0.1, 0.15) is 20.3 Å². The third-order valence-electron chi connectivity index (χ3n) is 0.977. The van der Waals surface area contributed by atoms with E-state index in [9.17, 15) is 0 Å². The summed E-state index contributed by atoms with van der Waals surface area (Å²) < 4.78 is 0. The molecule has 0 saturated heterocycles. The van der Waals surface area contributed by atoms with Crippen LogP contribution < -0.4 is 0 Å². The first kappa shape index (κ1) is 9.31. The highest BCUT2D eigenvalue weighted by Crippen LogP contribution is 2.09. The van der Waals surface area contributed by atoms with Gasteiger partial charge in [-0.2, -0.15) is 18.8 Å². The van der Waals surface area contributed by atoms with Gasteiger partial charge in [0.05, 0.1) is 0 Å². The predicted octanol–water partition coefficient (Wildman–Crippen LogP) is 2.52. The lowest BCUT2D eigenvalue weighted by molar-refractivity contribution is 1.00. The van der Waals surface area contributed by atoms with Crippen molar-refractivity contribution < 1.29 is 0 Å². The van der Waals surface area contributed by atoms with E-state index in [4.69, 9.17) is 0 Å². The van der Waals surface area contributed by atoms with E-state index >= 15 is 0 Å². The molecule has 0 bridgehead atoms. The first-order chi connectivity index (χ1) is 4.27. The van der Waals surface area contributed by atoms with E-state index < -0.39 is 0 Å². The molecule has 0 amide bonds. The second-order valence-electron chi connectivity index (χ2n) is 2.31. The molecule has 9 heavy (non-hydrogen) atoms. The maximum Gasteiger partial charge on any atom is -0.000970 e. The zero-order valence-corrected chi connectivity index (χ0v) is 7.37. The highest BCUT2D eigenvalue weighted by Gasteiger charge is 1.89. The van der Waals surface area contributed by atoms with Gasteiger partial charge in [-0.1, -0.05) is 20.3 Å². The van der Waals surface area contributed by atoms with Crippen molar-refractivity contribution in [3.8, 4) is 0 Å². The van der Waals surface area contributed by atoms with Gasteiger partial charge in [0.1, 0.15) is 0 Å². The quantitative estimate of drug-likeness (QED) is 0.544. The van der Waals surface area contributed by atoms with Crippen LogP contribution in [0.25, 0.3) is 5.32 Å². The summed E-state index contributed by atoms with van der Waals surface area (Å²) in [6, 6.07) is 0. The number of hydrogen-bond donors (Lipinski definition) is 0. The van der Waals surface area contributed by atoms with Gasteiger partial charge in [-0.25, -0.2) is 0 Å². The Morgan fingerprint density at radius 1 is 1.44 bits per heavy atom. The van der Waals surface area contributed by atoms with Gasteiger partial charge < -0.3 is 5.32 Å². The monoisotopic (exact) mass is 146 g/mol. The van der Waals surface area contributed by atoms with Gasteiger partial charge in [0.15, 0.2) is 0 Å². The van der Waals surface area contributed by atoms with E-state index in [0.717, 1.165) is 11.8 Å². The zero-order chi connectivity index (χ0) is 7.11. The van der Waals surface area contributed by atoms with E-state index in [1.807, 2.05) is 18.8 Å². The van der Waals surface area contributed by atoms with Gasteiger partial charge in [0.25, 0.3) is 0 Å². The summed E-state index contributed by atoms with van der Waals surface area (Å²) in [5.74, 6) is 1.26. The van der Waals surface area contributed by atoms with Gasteiger partial charge in [-0.3, -0.25) is 0 Å². The van der Waals surface area contributed by atoms with Crippen LogP contribution in [0.5, 0.6) is 0 Å². The van der Waals surface area contributed by atoms with Gasteiger partial charge in [-0.15, -0.1) is 6.54 Å². The molecule has 1 nitrogen and oxygen atoms in total. The first-order valence-electron chi connectivity index (χ1n) is 3.44. The molecule has 56 valence electrons. The van der Waals surface area contributed by atoms with Gasteiger partial charge in [0.2, 0.25) is 0 Å². The number of thioether (sulfide) groups is 1. The summed E-state index contributed by atoms with van der Waals surface area (Å²) in [6.45, 7) is 5.49. The first-order valence-corrected chi connectivity index (χ1v) is 4.49. The van der Waals surface area contributed by atoms with E-state index in [2.05, 4.69) is 19.2 Å². The lowest BCUT2D eigenvalue weighted by atomic mass is 10.5. The fraction of sp³-hybridized carbons (Fsp3) is 1.00. The Balaban J connectivity index is 2.75. The largest absolute Gasteiger partial charge is 0.665 e. The van der Waals surface area contributed by atoms with Crippen LogP contribution in [0.15, 0.2) is 0 Å². The lowest BCUT2D eigenvalue weighted by Gasteiger charge is -2.10. The molecule has 0 fully saturated rings. The van der Waals surface area contributed by atoms with Crippen molar-refractivity contribution in [3.05, 3.63) is 5.32 Å². The molecule has 0 unspecified atom stereocenters. The number of hydrogen-bond acceptors (Lipinski definition) is 1. The molecule has 0 N–H and O–H groups in total. The maximum absolute atomic E-state index is 4.02. The molecule has 0 saturated carbocycles. The van der Waals surface area contributed by atoms with E-state index in [-0.39, 0.29) is 0 Å². The van der Waals surface area contributed by atoms with Crippen molar-refractivity contribution >= 4 is 11.8 Å². The Morgan fingerprint density at radius 2 is 2.11 bits per heavy atom. The molecule has 0 rings (SSSR count). The highest BCUT2D eigenvalue weighted by molar-refractivity contribution is 7.99. The minimum absolute atomic E-state index is 0.779. The number of rotatable bonds is 5. The predicted molar refractivity (Wildman–Crippen MR) is 46.4 cm³/mol. The molecule has 0 radical (unpaired) electrons. The Morgan fingerprint density at radius 3 is 2.56 bits per heavy atom. The molecule has 0 aliphatic carbocycles. The van der Waals surface area contributed by atoms with Gasteiger partial charge in [-0.05, 0) is 11.0 Å². The summed E-state index contributed by atoms with van der Waals surface area (Å²) in [4.78, 5) is 0. The third kappa shape index (κ3) is 8.31. The van der Waals surface area contributed by atoms with Crippen LogP contribution in [0.2, 0.25) is 0 Å². The molecule has 0 aliphatic heterocycles. The van der Waals surface area contributed by atoms with E-state index in [0.29, 0.717) is 0 Å². The lowest BCUT2D eigenvalue weighted by Crippen LogP contribution is -1.91. The normalized spacial score (nSPS) is 10.7. The van der Waals surface area contributed by atoms with Crippen molar-refractivity contribution in [3.63, 3.8) is 0 Å². The topological polar surface area (TPSA) is 14.1 Å². The van der Waals surface area contributed by atoms with Crippen LogP contribution in [0.4, 0.5) is 0 Å². The molecular formula is C7H16NS-.